The van der Waals surface area contributed by atoms with Gasteiger partial charge in [-0.25, -0.2) is 8.42 Å². The summed E-state index contributed by atoms with van der Waals surface area (Å²) in [6, 6.07) is 6.22. The molecule has 0 aliphatic carbocycles. The van der Waals surface area contributed by atoms with Crippen molar-refractivity contribution in [2.24, 2.45) is 5.92 Å². The minimum absolute atomic E-state index is 0.00924. The Balaban J connectivity index is 1.90. The quantitative estimate of drug-likeness (QED) is 0.805. The second-order valence-corrected chi connectivity index (χ2v) is 8.25. The molecule has 0 atom stereocenters. The van der Waals surface area contributed by atoms with Crippen LogP contribution in [0.3, 0.4) is 0 Å². The van der Waals surface area contributed by atoms with E-state index in [1.54, 1.807) is 12.1 Å². The number of sulfone groups is 1. The van der Waals surface area contributed by atoms with Gasteiger partial charge in [0.25, 0.3) is 5.91 Å². The molecule has 1 saturated heterocycles. The lowest BCUT2D eigenvalue weighted by Gasteiger charge is -2.32. The van der Waals surface area contributed by atoms with Crippen LogP contribution >= 0.6 is 0 Å². The third kappa shape index (κ3) is 5.04. The fraction of sp³-hybridized carbons (Fsp3) is 0.588. The molecule has 1 fully saturated rings. The van der Waals surface area contributed by atoms with Gasteiger partial charge in [0, 0.05) is 24.9 Å². The third-order valence-electron chi connectivity index (χ3n) is 4.29. The average molecular weight is 338 g/mol. The van der Waals surface area contributed by atoms with E-state index in [-0.39, 0.29) is 10.8 Å². The largest absolute Gasteiger partial charge is 0.339 e. The number of likely N-dealkylation sites (tertiary alicyclic amines) is 1. The van der Waals surface area contributed by atoms with Gasteiger partial charge >= 0.3 is 0 Å². The molecular weight excluding hydrogens is 312 g/mol. The molecule has 5 nitrogen and oxygen atoms in total. The molecule has 6 heteroatoms. The zero-order valence-corrected chi connectivity index (χ0v) is 14.7. The number of hydrogen-bond acceptors (Lipinski definition) is 4. The van der Waals surface area contributed by atoms with Crippen molar-refractivity contribution in [2.45, 2.75) is 31.1 Å². The maximum Gasteiger partial charge on any atom is 0.253 e. The first-order valence-electron chi connectivity index (χ1n) is 8.22. The van der Waals surface area contributed by atoms with Crippen LogP contribution in [0.1, 0.15) is 36.5 Å². The fourth-order valence-electron chi connectivity index (χ4n) is 2.85. The van der Waals surface area contributed by atoms with Gasteiger partial charge in [0.1, 0.15) is 0 Å². The van der Waals surface area contributed by atoms with Crippen LogP contribution in [0, 0.1) is 5.92 Å². The minimum Gasteiger partial charge on any atom is -0.339 e. The van der Waals surface area contributed by atoms with Crippen LogP contribution < -0.4 is 5.32 Å². The molecule has 0 bridgehead atoms. The first-order chi connectivity index (χ1) is 10.9. The van der Waals surface area contributed by atoms with Crippen LogP contribution in [0.2, 0.25) is 0 Å². The van der Waals surface area contributed by atoms with Crippen molar-refractivity contribution in [3.63, 3.8) is 0 Å². The third-order valence-corrected chi connectivity index (χ3v) is 5.42. The van der Waals surface area contributed by atoms with Crippen LogP contribution in [0.15, 0.2) is 29.2 Å². The van der Waals surface area contributed by atoms with Gasteiger partial charge in [-0.05, 0) is 62.5 Å². The SMILES string of the molecule is CCCNCC1CCN(C(=O)c2ccc(S(C)(=O)=O)cc2)CC1. The Morgan fingerprint density at radius 2 is 1.83 bits per heavy atom. The second kappa shape index (κ2) is 7.93. The Morgan fingerprint density at radius 3 is 2.35 bits per heavy atom. The predicted molar refractivity (Wildman–Crippen MR) is 91.3 cm³/mol. The molecule has 0 aromatic heterocycles. The summed E-state index contributed by atoms with van der Waals surface area (Å²) in [7, 11) is -3.22. The van der Waals surface area contributed by atoms with Crippen LogP contribution in [-0.4, -0.2) is 51.7 Å². The van der Waals surface area contributed by atoms with Crippen LogP contribution in [0.25, 0.3) is 0 Å². The highest BCUT2D eigenvalue weighted by Gasteiger charge is 2.23. The van der Waals surface area contributed by atoms with E-state index < -0.39 is 9.84 Å². The van der Waals surface area contributed by atoms with Crippen molar-refractivity contribution in [1.82, 2.24) is 10.2 Å². The topological polar surface area (TPSA) is 66.5 Å². The maximum atomic E-state index is 12.5. The van der Waals surface area contributed by atoms with Crippen LogP contribution in [0.4, 0.5) is 0 Å². The number of carbonyl (C=O) groups excluding carboxylic acids is 1. The number of nitrogens with zero attached hydrogens (tertiary/aromatic N) is 1. The predicted octanol–water partition coefficient (Wildman–Crippen LogP) is 1.94. The van der Waals surface area contributed by atoms with Gasteiger partial charge in [-0.15, -0.1) is 0 Å². The number of carbonyl (C=O) groups is 1. The Kier molecular flexibility index (Phi) is 6.18. The Hall–Kier alpha value is -1.40. The summed E-state index contributed by atoms with van der Waals surface area (Å²) in [6.45, 7) is 5.77. The number of amides is 1. The van der Waals surface area contributed by atoms with Gasteiger partial charge in [0.2, 0.25) is 0 Å². The Bertz CT molecular complexity index is 618. The zero-order chi connectivity index (χ0) is 16.9. The summed E-state index contributed by atoms with van der Waals surface area (Å²) in [5, 5.41) is 3.44. The highest BCUT2D eigenvalue weighted by atomic mass is 32.2. The van der Waals surface area contributed by atoms with Crippen LogP contribution in [-0.2, 0) is 9.84 Å². The molecular formula is C17H26N2O3S. The zero-order valence-electron chi connectivity index (χ0n) is 13.9. The summed E-state index contributed by atoms with van der Waals surface area (Å²) in [5.41, 5.74) is 0.556. The fourth-order valence-corrected chi connectivity index (χ4v) is 3.48. The van der Waals surface area contributed by atoms with Crippen molar-refractivity contribution >= 4 is 15.7 Å². The molecule has 0 spiro atoms. The van der Waals surface area contributed by atoms with Gasteiger partial charge in [-0.1, -0.05) is 6.92 Å². The summed E-state index contributed by atoms with van der Waals surface area (Å²) >= 11 is 0. The van der Waals surface area contributed by atoms with Gasteiger partial charge in [-0.3, -0.25) is 4.79 Å². The summed E-state index contributed by atoms with van der Waals surface area (Å²) in [5.74, 6) is 0.628. The first kappa shape index (κ1) is 17.9. The Labute approximate surface area is 139 Å². The van der Waals surface area contributed by atoms with E-state index in [9.17, 15) is 13.2 Å². The molecule has 1 N–H and O–H groups in total. The standard InChI is InChI=1S/C17H26N2O3S/c1-3-10-18-13-14-8-11-19(12-9-14)17(20)15-4-6-16(7-5-15)23(2,21)22/h4-7,14,18H,3,8-13H2,1-2H3. The van der Waals surface area contributed by atoms with E-state index in [4.69, 9.17) is 0 Å². The monoisotopic (exact) mass is 338 g/mol. The number of rotatable bonds is 6. The van der Waals surface area contributed by atoms with E-state index in [2.05, 4.69) is 12.2 Å². The first-order valence-corrected chi connectivity index (χ1v) is 10.1. The van der Waals surface area contributed by atoms with Gasteiger partial charge in [-0.2, -0.15) is 0 Å². The van der Waals surface area contributed by atoms with E-state index in [0.29, 0.717) is 11.5 Å². The molecule has 1 aromatic carbocycles. The lowest BCUT2D eigenvalue weighted by atomic mass is 9.96. The summed E-state index contributed by atoms with van der Waals surface area (Å²) < 4.78 is 22.9. The number of hydrogen-bond donors (Lipinski definition) is 1. The number of benzene rings is 1. The van der Waals surface area contributed by atoms with E-state index in [1.165, 1.54) is 18.4 Å². The van der Waals surface area contributed by atoms with Crippen molar-refractivity contribution < 1.29 is 13.2 Å². The molecule has 1 aliphatic rings. The van der Waals surface area contributed by atoms with E-state index in [0.717, 1.165) is 45.4 Å². The molecule has 2 rings (SSSR count). The average Bonchev–Trinajstić information content (AvgIpc) is 2.54. The summed E-state index contributed by atoms with van der Waals surface area (Å²) in [4.78, 5) is 14.6. The van der Waals surface area contributed by atoms with Crippen molar-refractivity contribution in [3.8, 4) is 0 Å². The van der Waals surface area contributed by atoms with Crippen molar-refractivity contribution in [2.75, 3.05) is 32.4 Å². The summed E-state index contributed by atoms with van der Waals surface area (Å²) in [6.07, 6.45) is 4.34. The van der Waals surface area contributed by atoms with Crippen LogP contribution in [0.5, 0.6) is 0 Å². The lowest BCUT2D eigenvalue weighted by molar-refractivity contribution is 0.0690. The second-order valence-electron chi connectivity index (χ2n) is 6.24. The number of piperidine rings is 1. The molecule has 1 aromatic rings. The molecule has 0 radical (unpaired) electrons. The highest BCUT2D eigenvalue weighted by molar-refractivity contribution is 7.90. The highest BCUT2D eigenvalue weighted by Crippen LogP contribution is 2.19. The van der Waals surface area contributed by atoms with E-state index in [1.807, 2.05) is 4.90 Å². The number of nitrogens with one attached hydrogen (secondary N) is 1. The Morgan fingerprint density at radius 1 is 1.22 bits per heavy atom. The maximum absolute atomic E-state index is 12.5. The normalized spacial score (nSPS) is 16.5. The molecule has 1 amide bonds. The molecule has 1 heterocycles. The van der Waals surface area contributed by atoms with Gasteiger partial charge in [0.05, 0.1) is 4.90 Å². The lowest BCUT2D eigenvalue weighted by Crippen LogP contribution is -2.40. The molecule has 0 unspecified atom stereocenters. The molecule has 128 valence electrons. The molecule has 0 saturated carbocycles. The van der Waals surface area contributed by atoms with Crippen molar-refractivity contribution in [1.29, 1.82) is 0 Å². The molecule has 1 aliphatic heterocycles. The molecule has 23 heavy (non-hydrogen) atoms. The van der Waals surface area contributed by atoms with E-state index >= 15 is 0 Å². The minimum atomic E-state index is -3.22. The van der Waals surface area contributed by atoms with Gasteiger partial charge < -0.3 is 10.2 Å². The van der Waals surface area contributed by atoms with Crippen molar-refractivity contribution in [3.05, 3.63) is 29.8 Å². The van der Waals surface area contributed by atoms with Gasteiger partial charge in [0.15, 0.2) is 9.84 Å². The smallest absolute Gasteiger partial charge is 0.253 e.